The van der Waals surface area contributed by atoms with Gasteiger partial charge in [-0.3, -0.25) is 4.79 Å². The molecule has 1 aromatic carbocycles. The highest BCUT2D eigenvalue weighted by Crippen LogP contribution is 2.27. The molecule has 0 saturated heterocycles. The van der Waals surface area contributed by atoms with E-state index in [4.69, 9.17) is 9.47 Å². The highest BCUT2D eigenvalue weighted by Gasteiger charge is 2.10. The third kappa shape index (κ3) is 4.08. The number of carbonyl (C=O) groups is 1. The summed E-state index contributed by atoms with van der Waals surface area (Å²) in [5.41, 5.74) is 3.03. The number of hydrogen-bond donors (Lipinski definition) is 1. The lowest BCUT2D eigenvalue weighted by molar-refractivity contribution is 0.0954. The van der Waals surface area contributed by atoms with Gasteiger partial charge in [0.2, 0.25) is 0 Å². The van der Waals surface area contributed by atoms with E-state index in [9.17, 15) is 4.79 Å². The quantitative estimate of drug-likeness (QED) is 0.515. The van der Waals surface area contributed by atoms with Gasteiger partial charge in [0.1, 0.15) is 0 Å². The first-order chi connectivity index (χ1) is 10.2. The Balaban J connectivity index is 1.96. The van der Waals surface area contributed by atoms with E-state index in [2.05, 4.69) is 22.7 Å². The number of allylic oxidation sites excluding steroid dienone is 2. The third-order valence-corrected chi connectivity index (χ3v) is 3.41. The van der Waals surface area contributed by atoms with Crippen LogP contribution in [0.25, 0.3) is 0 Å². The second-order valence-electron chi connectivity index (χ2n) is 4.83. The summed E-state index contributed by atoms with van der Waals surface area (Å²) >= 11 is 0. The van der Waals surface area contributed by atoms with Crippen molar-refractivity contribution in [2.45, 2.75) is 19.3 Å². The third-order valence-electron chi connectivity index (χ3n) is 3.41. The molecule has 5 heteroatoms. The molecular formula is C16H20N2O3. The smallest absolute Gasteiger partial charge is 0.271 e. The second kappa shape index (κ2) is 7.47. The van der Waals surface area contributed by atoms with E-state index in [-0.39, 0.29) is 5.91 Å². The molecule has 1 amide bonds. The summed E-state index contributed by atoms with van der Waals surface area (Å²) < 4.78 is 10.3. The number of rotatable bonds is 5. The van der Waals surface area contributed by atoms with Gasteiger partial charge in [-0.2, -0.15) is 5.10 Å². The minimum Gasteiger partial charge on any atom is -0.493 e. The van der Waals surface area contributed by atoms with Crippen LogP contribution >= 0.6 is 0 Å². The molecule has 112 valence electrons. The summed E-state index contributed by atoms with van der Waals surface area (Å²) in [5.74, 6) is 1.25. The van der Waals surface area contributed by atoms with Crippen LogP contribution in [0, 0.1) is 5.92 Å². The SMILES string of the molecule is COc1ccc(C(=O)N/N=C\[C@H]2CC=CCC2)cc1OC. The Labute approximate surface area is 124 Å². The number of hydrogen-bond acceptors (Lipinski definition) is 4. The average molecular weight is 288 g/mol. The van der Waals surface area contributed by atoms with E-state index in [1.807, 2.05) is 6.21 Å². The van der Waals surface area contributed by atoms with Crippen LogP contribution in [-0.4, -0.2) is 26.3 Å². The number of ether oxygens (including phenoxy) is 2. The first kappa shape index (κ1) is 15.1. The molecule has 0 fully saturated rings. The zero-order valence-electron chi connectivity index (χ0n) is 12.3. The Kier molecular flexibility index (Phi) is 5.37. The largest absolute Gasteiger partial charge is 0.493 e. The molecule has 0 spiro atoms. The van der Waals surface area contributed by atoms with Crippen LogP contribution in [0.3, 0.4) is 0 Å². The zero-order valence-corrected chi connectivity index (χ0v) is 12.3. The number of methoxy groups -OCH3 is 2. The Hall–Kier alpha value is -2.30. The van der Waals surface area contributed by atoms with Gasteiger partial charge in [-0.25, -0.2) is 5.43 Å². The van der Waals surface area contributed by atoms with E-state index in [0.29, 0.717) is 23.0 Å². The van der Waals surface area contributed by atoms with Crippen molar-refractivity contribution in [3.8, 4) is 11.5 Å². The van der Waals surface area contributed by atoms with Gasteiger partial charge in [-0.15, -0.1) is 0 Å². The molecule has 0 aromatic heterocycles. The highest BCUT2D eigenvalue weighted by molar-refractivity contribution is 5.95. The van der Waals surface area contributed by atoms with Crippen LogP contribution in [0.15, 0.2) is 35.5 Å². The van der Waals surface area contributed by atoms with Gasteiger partial charge in [0.05, 0.1) is 14.2 Å². The lowest BCUT2D eigenvalue weighted by Gasteiger charge is -2.12. The van der Waals surface area contributed by atoms with Crippen molar-refractivity contribution in [1.82, 2.24) is 5.43 Å². The minimum atomic E-state index is -0.265. The Bertz CT molecular complexity index is 552. The predicted octanol–water partition coefficient (Wildman–Crippen LogP) is 2.78. The van der Waals surface area contributed by atoms with Gasteiger partial charge in [-0.05, 0) is 43.4 Å². The molecule has 1 atom stereocenters. The minimum absolute atomic E-state index is 0.265. The van der Waals surface area contributed by atoms with Gasteiger partial charge >= 0.3 is 0 Å². The van der Waals surface area contributed by atoms with Crippen molar-refractivity contribution in [2.75, 3.05) is 14.2 Å². The summed E-state index contributed by atoms with van der Waals surface area (Å²) in [5, 5.41) is 4.04. The monoisotopic (exact) mass is 288 g/mol. The fourth-order valence-electron chi connectivity index (χ4n) is 2.20. The molecule has 0 unspecified atom stereocenters. The lowest BCUT2D eigenvalue weighted by atomic mass is 9.96. The van der Waals surface area contributed by atoms with Gasteiger partial charge in [0.25, 0.3) is 5.91 Å². The van der Waals surface area contributed by atoms with Crippen molar-refractivity contribution in [2.24, 2.45) is 11.0 Å². The normalized spacial score (nSPS) is 17.7. The maximum Gasteiger partial charge on any atom is 0.271 e. The average Bonchev–Trinajstić information content (AvgIpc) is 2.55. The molecule has 0 heterocycles. The summed E-state index contributed by atoms with van der Waals surface area (Å²) in [7, 11) is 3.09. The molecule has 0 saturated carbocycles. The van der Waals surface area contributed by atoms with Gasteiger partial charge in [0, 0.05) is 11.8 Å². The van der Waals surface area contributed by atoms with Gasteiger partial charge in [-0.1, -0.05) is 12.2 Å². The van der Waals surface area contributed by atoms with E-state index in [1.165, 1.54) is 7.11 Å². The standard InChI is InChI=1S/C16H20N2O3/c1-20-14-9-8-13(10-15(14)21-2)16(19)18-17-11-12-6-4-3-5-7-12/h3-4,8-12H,5-7H2,1-2H3,(H,18,19)/b17-11-/t12-/m0/s1. The summed E-state index contributed by atoms with van der Waals surface area (Å²) in [6.07, 6.45) is 9.26. The van der Waals surface area contributed by atoms with E-state index < -0.39 is 0 Å². The van der Waals surface area contributed by atoms with Crippen molar-refractivity contribution in [3.63, 3.8) is 0 Å². The van der Waals surface area contributed by atoms with Gasteiger partial charge < -0.3 is 9.47 Å². The summed E-state index contributed by atoms with van der Waals surface area (Å²) in [6, 6.07) is 5.01. The number of nitrogens with one attached hydrogen (secondary N) is 1. The number of amides is 1. The van der Waals surface area contributed by atoms with E-state index in [0.717, 1.165) is 19.3 Å². The number of carbonyl (C=O) groups excluding carboxylic acids is 1. The highest BCUT2D eigenvalue weighted by atomic mass is 16.5. The van der Waals surface area contributed by atoms with Gasteiger partial charge in [0.15, 0.2) is 11.5 Å². The first-order valence-electron chi connectivity index (χ1n) is 6.95. The lowest BCUT2D eigenvalue weighted by Crippen LogP contribution is -2.19. The molecule has 0 aliphatic heterocycles. The Morgan fingerprint density at radius 2 is 2.10 bits per heavy atom. The van der Waals surface area contributed by atoms with Crippen molar-refractivity contribution in [3.05, 3.63) is 35.9 Å². The summed E-state index contributed by atoms with van der Waals surface area (Å²) in [4.78, 5) is 12.0. The van der Waals surface area contributed by atoms with Crippen LogP contribution in [0.1, 0.15) is 29.6 Å². The topological polar surface area (TPSA) is 59.9 Å². The predicted molar refractivity (Wildman–Crippen MR) is 82.0 cm³/mol. The van der Waals surface area contributed by atoms with Crippen molar-refractivity contribution in [1.29, 1.82) is 0 Å². The van der Waals surface area contributed by atoms with Crippen LogP contribution < -0.4 is 14.9 Å². The Morgan fingerprint density at radius 1 is 1.29 bits per heavy atom. The molecule has 0 radical (unpaired) electrons. The molecule has 1 aliphatic carbocycles. The molecule has 5 nitrogen and oxygen atoms in total. The van der Waals surface area contributed by atoms with Crippen LogP contribution in [0.2, 0.25) is 0 Å². The molecule has 2 rings (SSSR count). The van der Waals surface area contributed by atoms with Crippen molar-refractivity contribution >= 4 is 12.1 Å². The molecule has 21 heavy (non-hydrogen) atoms. The maximum atomic E-state index is 12.0. The van der Waals surface area contributed by atoms with Crippen LogP contribution in [-0.2, 0) is 0 Å². The number of hydrazone groups is 1. The Morgan fingerprint density at radius 3 is 2.76 bits per heavy atom. The van der Waals surface area contributed by atoms with Crippen LogP contribution in [0.5, 0.6) is 11.5 Å². The van der Waals surface area contributed by atoms with E-state index in [1.54, 1.807) is 25.3 Å². The van der Waals surface area contributed by atoms with Crippen molar-refractivity contribution < 1.29 is 14.3 Å². The zero-order chi connectivity index (χ0) is 15.1. The maximum absolute atomic E-state index is 12.0. The fourth-order valence-corrected chi connectivity index (χ4v) is 2.20. The van der Waals surface area contributed by atoms with E-state index >= 15 is 0 Å². The fraction of sp³-hybridized carbons (Fsp3) is 0.375. The molecule has 1 aromatic rings. The van der Waals surface area contributed by atoms with Crippen LogP contribution in [0.4, 0.5) is 0 Å². The first-order valence-corrected chi connectivity index (χ1v) is 6.95. The number of benzene rings is 1. The summed E-state index contributed by atoms with van der Waals surface area (Å²) in [6.45, 7) is 0. The molecule has 1 N–H and O–H groups in total. The second-order valence-corrected chi connectivity index (χ2v) is 4.83. The number of nitrogens with zero attached hydrogens (tertiary/aromatic N) is 1. The molecule has 0 bridgehead atoms. The molecule has 1 aliphatic rings. The molecular weight excluding hydrogens is 268 g/mol.